The van der Waals surface area contributed by atoms with Crippen molar-refractivity contribution in [3.63, 3.8) is 0 Å². The fraction of sp³-hybridized carbons (Fsp3) is 0.688. The maximum atomic E-state index is 9.70. The number of aliphatic hydroxyl groups excluding tert-OH is 1. The zero-order valence-corrected chi connectivity index (χ0v) is 12.0. The van der Waals surface area contributed by atoms with Crippen LogP contribution in [0.25, 0.3) is 0 Å². The fourth-order valence-electron chi connectivity index (χ4n) is 3.63. The van der Waals surface area contributed by atoms with E-state index in [0.29, 0.717) is 12.1 Å². The van der Waals surface area contributed by atoms with Gasteiger partial charge in [-0.15, -0.1) is 0 Å². The quantitative estimate of drug-likeness (QED) is 0.848. The van der Waals surface area contributed by atoms with Crippen LogP contribution in [-0.4, -0.2) is 52.8 Å². The van der Waals surface area contributed by atoms with Crippen molar-refractivity contribution in [2.75, 3.05) is 19.6 Å². The van der Waals surface area contributed by atoms with Gasteiger partial charge in [-0.3, -0.25) is 9.88 Å². The number of pyridine rings is 1. The Morgan fingerprint density at radius 3 is 3.05 bits per heavy atom. The minimum absolute atomic E-state index is 0.105. The van der Waals surface area contributed by atoms with E-state index in [1.807, 2.05) is 18.5 Å². The van der Waals surface area contributed by atoms with Gasteiger partial charge in [-0.2, -0.15) is 0 Å². The van der Waals surface area contributed by atoms with Gasteiger partial charge in [0.25, 0.3) is 0 Å². The predicted molar refractivity (Wildman–Crippen MR) is 79.6 cm³/mol. The molecule has 1 saturated carbocycles. The van der Waals surface area contributed by atoms with Crippen LogP contribution in [0, 0.1) is 0 Å². The van der Waals surface area contributed by atoms with E-state index in [1.165, 1.54) is 24.8 Å². The van der Waals surface area contributed by atoms with Gasteiger partial charge >= 0.3 is 0 Å². The summed E-state index contributed by atoms with van der Waals surface area (Å²) in [6.45, 7) is 2.95. The summed E-state index contributed by atoms with van der Waals surface area (Å²) in [5, 5.41) is 13.4. The highest BCUT2D eigenvalue weighted by Gasteiger charge is 2.35. The molecule has 0 radical (unpaired) electrons. The summed E-state index contributed by atoms with van der Waals surface area (Å²) in [6, 6.07) is 5.36. The minimum atomic E-state index is -0.105. The lowest BCUT2D eigenvalue weighted by Gasteiger charge is -2.30. The van der Waals surface area contributed by atoms with Crippen LogP contribution < -0.4 is 5.32 Å². The van der Waals surface area contributed by atoms with Crippen LogP contribution in [0.3, 0.4) is 0 Å². The van der Waals surface area contributed by atoms with Gasteiger partial charge in [-0.1, -0.05) is 12.5 Å². The molecule has 1 aliphatic heterocycles. The smallest absolute Gasteiger partial charge is 0.0679 e. The summed E-state index contributed by atoms with van der Waals surface area (Å²) in [5.41, 5.74) is 1.30. The van der Waals surface area contributed by atoms with Gasteiger partial charge in [-0.05, 0) is 43.9 Å². The summed E-state index contributed by atoms with van der Waals surface area (Å²) in [5.74, 6) is 0. The first kappa shape index (κ1) is 14.0. The molecule has 1 aromatic heterocycles. The Morgan fingerprint density at radius 1 is 1.35 bits per heavy atom. The maximum absolute atomic E-state index is 9.70. The molecule has 4 heteroatoms. The molecule has 1 aliphatic carbocycles. The van der Waals surface area contributed by atoms with Crippen LogP contribution in [0.15, 0.2) is 24.5 Å². The Bertz CT molecular complexity index is 411. The first-order valence-corrected chi connectivity index (χ1v) is 7.87. The average molecular weight is 275 g/mol. The van der Waals surface area contributed by atoms with Crippen LogP contribution in [0.2, 0.25) is 0 Å². The van der Waals surface area contributed by atoms with Crippen molar-refractivity contribution >= 4 is 0 Å². The monoisotopic (exact) mass is 275 g/mol. The molecule has 1 unspecified atom stereocenters. The lowest BCUT2D eigenvalue weighted by Crippen LogP contribution is -2.46. The van der Waals surface area contributed by atoms with E-state index in [2.05, 4.69) is 21.3 Å². The molecule has 0 amide bonds. The summed E-state index contributed by atoms with van der Waals surface area (Å²) >= 11 is 0. The third kappa shape index (κ3) is 3.37. The molecule has 2 fully saturated rings. The van der Waals surface area contributed by atoms with E-state index < -0.39 is 0 Å². The van der Waals surface area contributed by atoms with Crippen molar-refractivity contribution in [3.8, 4) is 0 Å². The zero-order valence-electron chi connectivity index (χ0n) is 12.0. The second-order valence-electron chi connectivity index (χ2n) is 6.11. The lowest BCUT2D eigenvalue weighted by molar-refractivity contribution is 0.150. The average Bonchev–Trinajstić information content (AvgIpc) is 3.09. The number of aromatic nitrogens is 1. The first-order valence-electron chi connectivity index (χ1n) is 7.87. The molecule has 2 aliphatic rings. The topological polar surface area (TPSA) is 48.4 Å². The summed E-state index contributed by atoms with van der Waals surface area (Å²) < 4.78 is 0. The van der Waals surface area contributed by atoms with Gasteiger partial charge in [0.05, 0.1) is 6.10 Å². The van der Waals surface area contributed by atoms with Gasteiger partial charge in [0, 0.05) is 37.6 Å². The predicted octanol–water partition coefficient (Wildman–Crippen LogP) is 1.20. The van der Waals surface area contributed by atoms with E-state index in [0.717, 1.165) is 32.5 Å². The Morgan fingerprint density at radius 2 is 2.30 bits per heavy atom. The van der Waals surface area contributed by atoms with E-state index in [-0.39, 0.29) is 6.10 Å². The summed E-state index contributed by atoms with van der Waals surface area (Å²) in [4.78, 5) is 6.64. The van der Waals surface area contributed by atoms with E-state index in [1.54, 1.807) is 0 Å². The minimum Gasteiger partial charge on any atom is -0.392 e. The number of likely N-dealkylation sites (tertiary alicyclic amines) is 1. The van der Waals surface area contributed by atoms with E-state index >= 15 is 0 Å². The highest BCUT2D eigenvalue weighted by molar-refractivity contribution is 5.08. The van der Waals surface area contributed by atoms with E-state index in [4.69, 9.17) is 0 Å². The Labute approximate surface area is 121 Å². The van der Waals surface area contributed by atoms with Gasteiger partial charge in [0.15, 0.2) is 0 Å². The van der Waals surface area contributed by atoms with Crippen molar-refractivity contribution in [1.29, 1.82) is 0 Å². The molecule has 1 aromatic rings. The number of hydrogen-bond acceptors (Lipinski definition) is 4. The van der Waals surface area contributed by atoms with Crippen molar-refractivity contribution in [2.45, 2.75) is 50.3 Å². The molecule has 0 aromatic carbocycles. The number of aliphatic hydroxyl groups is 1. The maximum Gasteiger partial charge on any atom is 0.0679 e. The number of nitrogens with one attached hydrogen (secondary N) is 1. The molecule has 2 N–H and O–H groups in total. The van der Waals surface area contributed by atoms with Crippen LogP contribution in [0.1, 0.15) is 31.2 Å². The van der Waals surface area contributed by atoms with Gasteiger partial charge in [-0.25, -0.2) is 0 Å². The van der Waals surface area contributed by atoms with Gasteiger partial charge in [0.1, 0.15) is 0 Å². The molecule has 3 atom stereocenters. The largest absolute Gasteiger partial charge is 0.392 e. The van der Waals surface area contributed by atoms with Gasteiger partial charge in [0.2, 0.25) is 0 Å². The SMILES string of the molecule is OC1CCN([C@H]2CCC[C@H]2NCCc2cccnc2)C1. The second-order valence-corrected chi connectivity index (χ2v) is 6.11. The number of hydrogen-bond donors (Lipinski definition) is 2. The van der Waals surface area contributed by atoms with Crippen LogP contribution >= 0.6 is 0 Å². The number of nitrogens with zero attached hydrogens (tertiary/aromatic N) is 2. The summed E-state index contributed by atoms with van der Waals surface area (Å²) in [7, 11) is 0. The Balaban J connectivity index is 1.47. The zero-order chi connectivity index (χ0) is 13.8. The lowest BCUT2D eigenvalue weighted by atomic mass is 10.1. The van der Waals surface area contributed by atoms with Crippen molar-refractivity contribution in [3.05, 3.63) is 30.1 Å². The van der Waals surface area contributed by atoms with Crippen LogP contribution in [-0.2, 0) is 6.42 Å². The Hall–Kier alpha value is -0.970. The molecular weight excluding hydrogens is 250 g/mol. The van der Waals surface area contributed by atoms with Gasteiger partial charge < -0.3 is 10.4 Å². The van der Waals surface area contributed by atoms with E-state index in [9.17, 15) is 5.11 Å². The third-order valence-electron chi connectivity index (χ3n) is 4.69. The second kappa shape index (κ2) is 6.66. The Kier molecular flexibility index (Phi) is 4.65. The molecule has 0 bridgehead atoms. The highest BCUT2D eigenvalue weighted by Crippen LogP contribution is 2.27. The molecule has 4 nitrogen and oxygen atoms in total. The standard InChI is InChI=1S/C16H25N3O/c20-14-7-10-19(12-14)16-5-1-4-15(16)18-9-6-13-3-2-8-17-11-13/h2-3,8,11,14-16,18,20H,1,4-7,9-10,12H2/t14?,15-,16+/m1/s1. The van der Waals surface area contributed by atoms with Crippen molar-refractivity contribution in [2.24, 2.45) is 0 Å². The van der Waals surface area contributed by atoms with Crippen molar-refractivity contribution < 1.29 is 5.11 Å². The van der Waals surface area contributed by atoms with Crippen LogP contribution in [0.4, 0.5) is 0 Å². The number of rotatable bonds is 5. The summed E-state index contributed by atoms with van der Waals surface area (Å²) in [6.07, 6.45) is 9.50. The molecule has 3 rings (SSSR count). The molecule has 2 heterocycles. The molecule has 1 saturated heterocycles. The number of β-amino-alcohol motifs (C(OH)–C–C–N with tert-alkyl or cyclic N) is 1. The molecule has 20 heavy (non-hydrogen) atoms. The van der Waals surface area contributed by atoms with Crippen molar-refractivity contribution in [1.82, 2.24) is 15.2 Å². The third-order valence-corrected chi connectivity index (χ3v) is 4.69. The highest BCUT2D eigenvalue weighted by atomic mass is 16.3. The fourth-order valence-corrected chi connectivity index (χ4v) is 3.63. The molecular formula is C16H25N3O. The molecule has 0 spiro atoms. The van der Waals surface area contributed by atoms with Crippen LogP contribution in [0.5, 0.6) is 0 Å². The first-order chi connectivity index (χ1) is 9.83. The molecule has 110 valence electrons. The normalized spacial score (nSPS) is 30.9.